The third-order valence-corrected chi connectivity index (χ3v) is 6.38. The second-order valence-electron chi connectivity index (χ2n) is 7.22. The van der Waals surface area contributed by atoms with Gasteiger partial charge in [0.1, 0.15) is 5.75 Å². The molecule has 5 heteroatoms. The van der Waals surface area contributed by atoms with Crippen molar-refractivity contribution in [2.45, 2.75) is 44.1 Å². The van der Waals surface area contributed by atoms with Crippen LogP contribution in [0.4, 0.5) is 5.69 Å². The number of ether oxygens (including phenoxy) is 2. The molecule has 150 valence electrons. The number of amides is 1. The van der Waals surface area contributed by atoms with Crippen molar-refractivity contribution in [2.24, 2.45) is 0 Å². The summed E-state index contributed by atoms with van der Waals surface area (Å²) in [6.45, 7) is 6.24. The number of hydrogen-bond acceptors (Lipinski definition) is 4. The number of nitrogens with one attached hydrogen (secondary N) is 1. The molecular weight excluding hydrogens is 370 g/mol. The molecule has 0 spiro atoms. The second kappa shape index (κ2) is 10.5. The zero-order valence-electron chi connectivity index (χ0n) is 16.7. The smallest absolute Gasteiger partial charge is 0.227 e. The topological polar surface area (TPSA) is 47.6 Å². The van der Waals surface area contributed by atoms with Gasteiger partial charge in [0.25, 0.3) is 0 Å². The van der Waals surface area contributed by atoms with Gasteiger partial charge >= 0.3 is 0 Å². The summed E-state index contributed by atoms with van der Waals surface area (Å²) < 4.78 is 11.1. The fourth-order valence-electron chi connectivity index (χ4n) is 3.08. The zero-order valence-corrected chi connectivity index (χ0v) is 17.5. The van der Waals surface area contributed by atoms with Gasteiger partial charge in [0, 0.05) is 29.9 Å². The minimum Gasteiger partial charge on any atom is -0.493 e. The molecule has 1 amide bonds. The van der Waals surface area contributed by atoms with Gasteiger partial charge in [0.05, 0.1) is 13.0 Å². The summed E-state index contributed by atoms with van der Waals surface area (Å²) in [4.78, 5) is 12.2. The summed E-state index contributed by atoms with van der Waals surface area (Å²) in [5.74, 6) is 1.74. The number of thioether (sulfide) groups is 1. The maximum atomic E-state index is 12.2. The van der Waals surface area contributed by atoms with E-state index in [1.165, 1.54) is 16.7 Å². The molecule has 0 aromatic heterocycles. The van der Waals surface area contributed by atoms with E-state index in [-0.39, 0.29) is 5.91 Å². The van der Waals surface area contributed by atoms with Crippen molar-refractivity contribution in [3.63, 3.8) is 0 Å². The minimum atomic E-state index is -0.0296. The molecule has 0 atom stereocenters. The van der Waals surface area contributed by atoms with E-state index in [4.69, 9.17) is 9.47 Å². The Kier molecular flexibility index (Phi) is 7.80. The Labute approximate surface area is 172 Å². The SMILES string of the molecule is Cc1ccc(OCCC(=O)Nc2cccc(CSC3CCOCC3)c2)cc1C. The van der Waals surface area contributed by atoms with Crippen LogP contribution in [-0.4, -0.2) is 31.0 Å². The minimum absolute atomic E-state index is 0.0296. The highest BCUT2D eigenvalue weighted by atomic mass is 32.2. The third-order valence-electron chi connectivity index (χ3n) is 4.94. The van der Waals surface area contributed by atoms with E-state index < -0.39 is 0 Å². The van der Waals surface area contributed by atoms with Crippen LogP contribution in [0.3, 0.4) is 0 Å². The fraction of sp³-hybridized carbons (Fsp3) is 0.435. The van der Waals surface area contributed by atoms with Crippen LogP contribution in [0.2, 0.25) is 0 Å². The molecular formula is C23H29NO3S. The summed E-state index contributed by atoms with van der Waals surface area (Å²) in [5.41, 5.74) is 4.51. The van der Waals surface area contributed by atoms with Gasteiger partial charge in [-0.1, -0.05) is 18.2 Å². The Morgan fingerprint density at radius 3 is 2.75 bits per heavy atom. The fourth-order valence-corrected chi connectivity index (χ4v) is 4.22. The lowest BCUT2D eigenvalue weighted by molar-refractivity contribution is -0.116. The number of rotatable bonds is 8. The molecule has 1 heterocycles. The molecule has 1 N–H and O–H groups in total. The van der Waals surface area contributed by atoms with Crippen molar-refractivity contribution in [3.05, 3.63) is 59.2 Å². The molecule has 0 radical (unpaired) electrons. The van der Waals surface area contributed by atoms with E-state index in [1.54, 1.807) is 0 Å². The Bertz CT molecular complexity index is 787. The van der Waals surface area contributed by atoms with Crippen molar-refractivity contribution in [1.82, 2.24) is 0 Å². The highest BCUT2D eigenvalue weighted by Crippen LogP contribution is 2.26. The van der Waals surface area contributed by atoms with Gasteiger partial charge in [-0.2, -0.15) is 11.8 Å². The molecule has 3 rings (SSSR count). The lowest BCUT2D eigenvalue weighted by Crippen LogP contribution is -2.17. The maximum Gasteiger partial charge on any atom is 0.227 e. The van der Waals surface area contributed by atoms with E-state index in [0.29, 0.717) is 18.3 Å². The first kappa shape index (κ1) is 20.7. The number of aryl methyl sites for hydroxylation is 2. The summed E-state index contributed by atoms with van der Waals surface area (Å²) in [6, 6.07) is 14.1. The van der Waals surface area contributed by atoms with Gasteiger partial charge in [0.15, 0.2) is 0 Å². The quantitative estimate of drug-likeness (QED) is 0.669. The highest BCUT2D eigenvalue weighted by Gasteiger charge is 2.14. The van der Waals surface area contributed by atoms with Crippen LogP contribution < -0.4 is 10.1 Å². The summed E-state index contributed by atoms with van der Waals surface area (Å²) in [5, 5.41) is 3.65. The van der Waals surface area contributed by atoms with Crippen molar-refractivity contribution in [2.75, 3.05) is 25.1 Å². The van der Waals surface area contributed by atoms with Gasteiger partial charge in [-0.15, -0.1) is 0 Å². The molecule has 4 nitrogen and oxygen atoms in total. The van der Waals surface area contributed by atoms with Gasteiger partial charge < -0.3 is 14.8 Å². The predicted octanol–water partition coefficient (Wildman–Crippen LogP) is 5.12. The predicted molar refractivity (Wildman–Crippen MR) is 116 cm³/mol. The molecule has 1 fully saturated rings. The van der Waals surface area contributed by atoms with Crippen LogP contribution in [0.5, 0.6) is 5.75 Å². The molecule has 0 aliphatic carbocycles. The lowest BCUT2D eigenvalue weighted by Gasteiger charge is -2.21. The van der Waals surface area contributed by atoms with Crippen molar-refractivity contribution in [3.8, 4) is 5.75 Å². The lowest BCUT2D eigenvalue weighted by atomic mass is 10.1. The molecule has 0 unspecified atom stereocenters. The molecule has 2 aromatic carbocycles. The summed E-state index contributed by atoms with van der Waals surface area (Å²) >= 11 is 1.98. The molecule has 1 saturated heterocycles. The van der Waals surface area contributed by atoms with Crippen molar-refractivity contribution >= 4 is 23.4 Å². The standard InChI is InChI=1S/C23H29NO3S/c1-17-6-7-21(14-18(17)2)27-13-10-23(25)24-20-5-3-4-19(15-20)16-28-22-8-11-26-12-9-22/h3-7,14-15,22H,8-13,16H2,1-2H3,(H,24,25). The highest BCUT2D eigenvalue weighted by molar-refractivity contribution is 7.99. The normalized spacial score (nSPS) is 14.6. The Hall–Kier alpha value is -1.98. The van der Waals surface area contributed by atoms with Crippen LogP contribution >= 0.6 is 11.8 Å². The number of benzene rings is 2. The summed E-state index contributed by atoms with van der Waals surface area (Å²) in [6.07, 6.45) is 2.58. The molecule has 0 saturated carbocycles. The molecule has 1 aliphatic rings. The van der Waals surface area contributed by atoms with Gasteiger partial charge in [-0.25, -0.2) is 0 Å². The second-order valence-corrected chi connectivity index (χ2v) is 8.50. The monoisotopic (exact) mass is 399 g/mol. The first-order valence-corrected chi connectivity index (χ1v) is 10.9. The van der Waals surface area contributed by atoms with Crippen LogP contribution in [-0.2, 0) is 15.3 Å². The van der Waals surface area contributed by atoms with E-state index in [9.17, 15) is 4.79 Å². The molecule has 1 aliphatic heterocycles. The summed E-state index contributed by atoms with van der Waals surface area (Å²) in [7, 11) is 0. The first-order valence-electron chi connectivity index (χ1n) is 9.88. The zero-order chi connectivity index (χ0) is 19.8. The van der Waals surface area contributed by atoms with E-state index in [1.807, 2.05) is 42.1 Å². The van der Waals surface area contributed by atoms with Crippen LogP contribution in [0.1, 0.15) is 36.0 Å². The number of anilines is 1. The Balaban J connectivity index is 1.42. The van der Waals surface area contributed by atoms with E-state index in [0.717, 1.165) is 43.2 Å². The largest absolute Gasteiger partial charge is 0.493 e. The Morgan fingerprint density at radius 2 is 1.96 bits per heavy atom. The number of carbonyl (C=O) groups is 1. The first-order chi connectivity index (χ1) is 13.6. The van der Waals surface area contributed by atoms with Gasteiger partial charge in [0.2, 0.25) is 5.91 Å². The van der Waals surface area contributed by atoms with Gasteiger partial charge in [-0.3, -0.25) is 4.79 Å². The van der Waals surface area contributed by atoms with Crippen molar-refractivity contribution in [1.29, 1.82) is 0 Å². The molecule has 0 bridgehead atoms. The average molecular weight is 400 g/mol. The van der Waals surface area contributed by atoms with Crippen LogP contribution in [0.25, 0.3) is 0 Å². The van der Waals surface area contributed by atoms with E-state index >= 15 is 0 Å². The Morgan fingerprint density at radius 1 is 1.14 bits per heavy atom. The maximum absolute atomic E-state index is 12.2. The van der Waals surface area contributed by atoms with Crippen molar-refractivity contribution < 1.29 is 14.3 Å². The van der Waals surface area contributed by atoms with E-state index in [2.05, 4.69) is 31.3 Å². The third kappa shape index (κ3) is 6.57. The molecule has 2 aromatic rings. The molecule has 28 heavy (non-hydrogen) atoms. The number of hydrogen-bond donors (Lipinski definition) is 1. The van der Waals surface area contributed by atoms with Crippen LogP contribution in [0.15, 0.2) is 42.5 Å². The van der Waals surface area contributed by atoms with Crippen LogP contribution in [0, 0.1) is 13.8 Å². The van der Waals surface area contributed by atoms with Gasteiger partial charge in [-0.05, 0) is 67.6 Å². The average Bonchev–Trinajstić information content (AvgIpc) is 2.70. The number of carbonyl (C=O) groups excluding carboxylic acids is 1.